The van der Waals surface area contributed by atoms with Crippen LogP contribution in [-0.2, 0) is 26.2 Å². The minimum absolute atomic E-state index is 0.00517. The molecule has 0 spiro atoms. The smallest absolute Gasteiger partial charge is 0.333 e. The normalized spacial score (nSPS) is 12.0. The molecule has 152 valence electrons. The molecule has 1 heterocycles. The predicted molar refractivity (Wildman–Crippen MR) is 112 cm³/mol. The van der Waals surface area contributed by atoms with Crippen LogP contribution in [0.5, 0.6) is 0 Å². The van der Waals surface area contributed by atoms with Crippen molar-refractivity contribution in [3.8, 4) is 6.07 Å². The third-order valence-corrected chi connectivity index (χ3v) is 4.38. The number of aryl methyl sites for hydroxylation is 2. The fourth-order valence-corrected chi connectivity index (χ4v) is 2.83. The van der Waals surface area contributed by atoms with Gasteiger partial charge in [-0.05, 0) is 36.5 Å². The molecule has 6 nitrogen and oxygen atoms in total. The Labute approximate surface area is 172 Å². The van der Waals surface area contributed by atoms with Crippen LogP contribution in [-0.4, -0.2) is 22.5 Å². The number of nitriles is 1. The Morgan fingerprint density at radius 2 is 1.93 bits per heavy atom. The SMILES string of the molecule is C=CC(=O)OCO/C(=C(/C#N)c1ccc(C(C)(C)C)cc1)c1cc(C)nn1CC. The number of rotatable bonds is 7. The average Bonchev–Trinajstić information content (AvgIpc) is 3.07. The van der Waals surface area contributed by atoms with Crippen LogP contribution in [0.4, 0.5) is 0 Å². The van der Waals surface area contributed by atoms with Crippen molar-refractivity contribution in [2.24, 2.45) is 0 Å². The number of benzene rings is 1. The van der Waals surface area contributed by atoms with E-state index in [9.17, 15) is 10.1 Å². The Hall–Kier alpha value is -3.33. The first kappa shape index (κ1) is 22.0. The number of esters is 1. The van der Waals surface area contributed by atoms with Crippen molar-refractivity contribution in [3.63, 3.8) is 0 Å². The van der Waals surface area contributed by atoms with Gasteiger partial charge < -0.3 is 9.47 Å². The van der Waals surface area contributed by atoms with Gasteiger partial charge in [-0.3, -0.25) is 4.68 Å². The molecule has 0 aliphatic carbocycles. The molecular formula is C23H27N3O3. The molecular weight excluding hydrogens is 366 g/mol. The second kappa shape index (κ2) is 9.24. The third kappa shape index (κ3) is 5.35. The topological polar surface area (TPSA) is 77.1 Å². The van der Waals surface area contributed by atoms with Gasteiger partial charge in [-0.15, -0.1) is 0 Å². The molecule has 6 heteroatoms. The molecule has 0 bridgehead atoms. The van der Waals surface area contributed by atoms with Crippen LogP contribution in [0.1, 0.15) is 50.2 Å². The van der Waals surface area contributed by atoms with Gasteiger partial charge in [0.05, 0.1) is 5.69 Å². The van der Waals surface area contributed by atoms with Crippen LogP contribution in [0.15, 0.2) is 43.0 Å². The number of carbonyl (C=O) groups excluding carboxylic acids is 1. The summed E-state index contributed by atoms with van der Waals surface area (Å²) in [6, 6.07) is 11.9. The molecule has 1 aromatic carbocycles. The van der Waals surface area contributed by atoms with Crippen LogP contribution in [0.25, 0.3) is 11.3 Å². The first-order valence-electron chi connectivity index (χ1n) is 9.43. The van der Waals surface area contributed by atoms with Gasteiger partial charge in [0.1, 0.15) is 17.3 Å². The lowest BCUT2D eigenvalue weighted by Crippen LogP contribution is -2.11. The zero-order chi connectivity index (χ0) is 21.6. The summed E-state index contributed by atoms with van der Waals surface area (Å²) in [5.74, 6) is -0.284. The highest BCUT2D eigenvalue weighted by Crippen LogP contribution is 2.30. The van der Waals surface area contributed by atoms with Gasteiger partial charge in [0, 0.05) is 12.6 Å². The van der Waals surface area contributed by atoms with Crippen LogP contribution in [0.2, 0.25) is 0 Å². The van der Waals surface area contributed by atoms with Gasteiger partial charge in [0.2, 0.25) is 6.79 Å². The van der Waals surface area contributed by atoms with Gasteiger partial charge in [-0.25, -0.2) is 4.79 Å². The molecule has 0 atom stereocenters. The fourth-order valence-electron chi connectivity index (χ4n) is 2.83. The van der Waals surface area contributed by atoms with Crippen molar-refractivity contribution in [2.45, 2.75) is 46.6 Å². The molecule has 0 radical (unpaired) electrons. The van der Waals surface area contributed by atoms with E-state index < -0.39 is 5.97 Å². The summed E-state index contributed by atoms with van der Waals surface area (Å²) in [6.07, 6.45) is 1.06. The van der Waals surface area contributed by atoms with Crippen molar-refractivity contribution < 1.29 is 14.3 Å². The summed E-state index contributed by atoms with van der Waals surface area (Å²) < 4.78 is 12.5. The summed E-state index contributed by atoms with van der Waals surface area (Å²) in [5.41, 5.74) is 3.67. The fraction of sp³-hybridized carbons (Fsp3) is 0.348. The quantitative estimate of drug-likeness (QED) is 0.226. The molecule has 0 unspecified atom stereocenters. The van der Waals surface area contributed by atoms with Gasteiger partial charge in [-0.2, -0.15) is 10.4 Å². The number of hydrogen-bond acceptors (Lipinski definition) is 5. The number of carbonyl (C=O) groups is 1. The van der Waals surface area contributed by atoms with Gasteiger partial charge in [0.15, 0.2) is 5.76 Å². The molecule has 29 heavy (non-hydrogen) atoms. The van der Waals surface area contributed by atoms with Gasteiger partial charge >= 0.3 is 5.97 Å². The molecule has 0 saturated heterocycles. The third-order valence-electron chi connectivity index (χ3n) is 4.38. The molecule has 1 aromatic heterocycles. The van der Waals surface area contributed by atoms with Crippen molar-refractivity contribution in [1.29, 1.82) is 5.26 Å². The number of hydrogen-bond donors (Lipinski definition) is 0. The second-order valence-corrected chi connectivity index (χ2v) is 7.56. The molecule has 2 rings (SSSR count). The maximum absolute atomic E-state index is 11.4. The van der Waals surface area contributed by atoms with Gasteiger partial charge in [0.25, 0.3) is 0 Å². The molecule has 0 N–H and O–H groups in total. The van der Waals surface area contributed by atoms with E-state index in [4.69, 9.17) is 9.47 Å². The minimum atomic E-state index is -0.599. The molecule has 0 aliphatic heterocycles. The van der Waals surface area contributed by atoms with E-state index in [1.54, 1.807) is 4.68 Å². The van der Waals surface area contributed by atoms with E-state index in [0.717, 1.165) is 17.3 Å². The number of aromatic nitrogens is 2. The van der Waals surface area contributed by atoms with E-state index in [1.807, 2.05) is 44.2 Å². The van der Waals surface area contributed by atoms with Crippen molar-refractivity contribution in [2.75, 3.05) is 6.79 Å². The first-order chi connectivity index (χ1) is 13.7. The van der Waals surface area contributed by atoms with E-state index in [2.05, 4.69) is 38.5 Å². The summed E-state index contributed by atoms with van der Waals surface area (Å²) in [6.45, 7) is 13.9. The Morgan fingerprint density at radius 3 is 2.45 bits per heavy atom. The highest BCUT2D eigenvalue weighted by Gasteiger charge is 2.20. The zero-order valence-corrected chi connectivity index (χ0v) is 17.7. The molecule has 2 aromatic rings. The summed E-state index contributed by atoms with van der Waals surface area (Å²) >= 11 is 0. The zero-order valence-electron chi connectivity index (χ0n) is 17.7. The van der Waals surface area contributed by atoms with Crippen LogP contribution < -0.4 is 0 Å². The van der Waals surface area contributed by atoms with Crippen LogP contribution >= 0.6 is 0 Å². The van der Waals surface area contributed by atoms with Crippen LogP contribution in [0, 0.1) is 18.3 Å². The lowest BCUT2D eigenvalue weighted by atomic mass is 9.86. The van der Waals surface area contributed by atoms with Crippen LogP contribution in [0.3, 0.4) is 0 Å². The molecule has 0 aliphatic rings. The Bertz CT molecular complexity index is 955. The number of allylic oxidation sites excluding steroid dienone is 1. The number of ether oxygens (including phenoxy) is 2. The highest BCUT2D eigenvalue weighted by atomic mass is 16.7. The Balaban J connectivity index is 2.55. The Morgan fingerprint density at radius 1 is 1.28 bits per heavy atom. The lowest BCUT2D eigenvalue weighted by molar-refractivity contribution is -0.145. The van der Waals surface area contributed by atoms with Crippen molar-refractivity contribution >= 4 is 17.3 Å². The Kier molecular flexibility index (Phi) is 7.00. The predicted octanol–water partition coefficient (Wildman–Crippen LogP) is 4.60. The van der Waals surface area contributed by atoms with E-state index in [0.29, 0.717) is 29.1 Å². The van der Waals surface area contributed by atoms with Crippen molar-refractivity contribution in [3.05, 3.63) is 65.5 Å². The van der Waals surface area contributed by atoms with E-state index >= 15 is 0 Å². The van der Waals surface area contributed by atoms with E-state index in [1.165, 1.54) is 0 Å². The average molecular weight is 393 g/mol. The largest absolute Gasteiger partial charge is 0.454 e. The summed E-state index contributed by atoms with van der Waals surface area (Å²) in [4.78, 5) is 11.4. The molecule has 0 fully saturated rings. The van der Waals surface area contributed by atoms with E-state index in [-0.39, 0.29) is 12.2 Å². The highest BCUT2D eigenvalue weighted by molar-refractivity contribution is 5.94. The summed E-state index contributed by atoms with van der Waals surface area (Å²) in [5, 5.41) is 14.4. The summed E-state index contributed by atoms with van der Waals surface area (Å²) in [7, 11) is 0. The van der Waals surface area contributed by atoms with Gasteiger partial charge in [-0.1, -0.05) is 51.6 Å². The van der Waals surface area contributed by atoms with Crippen molar-refractivity contribution in [1.82, 2.24) is 9.78 Å². The standard InChI is InChI=1S/C23H27N3O3/c1-7-21(27)28-15-29-22(20-13-16(3)25-26(20)8-2)19(14-24)17-9-11-18(12-10-17)23(4,5)6/h7,9-13H,1,8,15H2,2-6H3/b22-19-. The molecule has 0 saturated carbocycles. The minimum Gasteiger partial charge on any atom is -0.454 e. The first-order valence-corrected chi connectivity index (χ1v) is 9.43. The second-order valence-electron chi connectivity index (χ2n) is 7.56. The maximum Gasteiger partial charge on any atom is 0.333 e. The number of nitrogens with zero attached hydrogens (tertiary/aromatic N) is 3. The lowest BCUT2D eigenvalue weighted by Gasteiger charge is -2.19. The molecule has 0 amide bonds. The monoisotopic (exact) mass is 393 g/mol. The maximum atomic E-state index is 11.4.